The lowest BCUT2D eigenvalue weighted by Crippen LogP contribution is -2.44. The van der Waals surface area contributed by atoms with Gasteiger partial charge in [-0.2, -0.15) is 0 Å². The minimum absolute atomic E-state index is 0.0227. The van der Waals surface area contributed by atoms with Crippen molar-refractivity contribution < 1.29 is 4.79 Å². The molecule has 2 rings (SSSR count). The Hall–Kier alpha value is -0.370. The molecular formula is C16H29NO. The van der Waals surface area contributed by atoms with Crippen molar-refractivity contribution >= 4 is 6.29 Å². The van der Waals surface area contributed by atoms with E-state index < -0.39 is 0 Å². The Bertz CT molecular complexity index is 268. The summed E-state index contributed by atoms with van der Waals surface area (Å²) >= 11 is 0. The van der Waals surface area contributed by atoms with E-state index in [1.54, 1.807) is 0 Å². The van der Waals surface area contributed by atoms with Gasteiger partial charge < -0.3 is 4.79 Å². The largest absolute Gasteiger partial charge is 0.303 e. The smallest absolute Gasteiger partial charge is 0.127 e. The van der Waals surface area contributed by atoms with E-state index in [1.807, 2.05) is 0 Å². The minimum Gasteiger partial charge on any atom is -0.303 e. The van der Waals surface area contributed by atoms with E-state index >= 15 is 0 Å². The Labute approximate surface area is 112 Å². The Kier molecular flexibility index (Phi) is 4.83. The van der Waals surface area contributed by atoms with Crippen LogP contribution in [0.15, 0.2) is 0 Å². The summed E-state index contributed by atoms with van der Waals surface area (Å²) in [4.78, 5) is 14.2. The van der Waals surface area contributed by atoms with Gasteiger partial charge in [-0.25, -0.2) is 0 Å². The molecule has 1 aliphatic heterocycles. The molecule has 0 amide bonds. The monoisotopic (exact) mass is 251 g/mol. The molecule has 104 valence electrons. The van der Waals surface area contributed by atoms with E-state index in [-0.39, 0.29) is 5.41 Å². The summed E-state index contributed by atoms with van der Waals surface area (Å²) in [5, 5.41) is 0. The number of nitrogens with zero attached hydrogens (tertiary/aromatic N) is 1. The van der Waals surface area contributed by atoms with Crippen LogP contribution in [0.1, 0.15) is 65.2 Å². The van der Waals surface area contributed by atoms with Crippen LogP contribution in [-0.2, 0) is 4.79 Å². The Morgan fingerprint density at radius 1 is 1.11 bits per heavy atom. The molecule has 0 aromatic carbocycles. The van der Waals surface area contributed by atoms with Crippen molar-refractivity contribution in [2.45, 2.75) is 71.3 Å². The van der Waals surface area contributed by atoms with Gasteiger partial charge in [-0.3, -0.25) is 4.90 Å². The van der Waals surface area contributed by atoms with Crippen LogP contribution in [0.5, 0.6) is 0 Å². The molecule has 2 nitrogen and oxygen atoms in total. The average molecular weight is 251 g/mol. The average Bonchev–Trinajstić information content (AvgIpc) is 2.58. The molecule has 18 heavy (non-hydrogen) atoms. The molecule has 0 spiro atoms. The van der Waals surface area contributed by atoms with Gasteiger partial charge in [-0.05, 0) is 57.9 Å². The highest BCUT2D eigenvalue weighted by Gasteiger charge is 2.36. The zero-order valence-electron chi connectivity index (χ0n) is 12.2. The number of carbonyl (C=O) groups excluding carboxylic acids is 1. The molecule has 1 atom stereocenters. The van der Waals surface area contributed by atoms with Gasteiger partial charge in [-0.15, -0.1) is 0 Å². The van der Waals surface area contributed by atoms with Gasteiger partial charge in [0.2, 0.25) is 0 Å². The van der Waals surface area contributed by atoms with E-state index in [0.717, 1.165) is 25.3 Å². The Balaban J connectivity index is 1.98. The van der Waals surface area contributed by atoms with E-state index in [0.29, 0.717) is 6.04 Å². The molecule has 0 radical (unpaired) electrons. The fourth-order valence-corrected chi connectivity index (χ4v) is 3.62. The highest BCUT2D eigenvalue weighted by atomic mass is 16.1. The molecule has 0 aromatic rings. The first-order valence-corrected chi connectivity index (χ1v) is 7.86. The number of carbonyl (C=O) groups is 1. The first-order chi connectivity index (χ1) is 8.65. The third-order valence-electron chi connectivity index (χ3n) is 5.23. The third kappa shape index (κ3) is 3.34. The molecule has 1 heterocycles. The fourth-order valence-electron chi connectivity index (χ4n) is 3.62. The van der Waals surface area contributed by atoms with Crippen LogP contribution >= 0.6 is 0 Å². The molecule has 0 bridgehead atoms. The van der Waals surface area contributed by atoms with Crippen LogP contribution in [0.3, 0.4) is 0 Å². The number of rotatable bonds is 3. The lowest BCUT2D eigenvalue weighted by Gasteiger charge is -2.40. The summed E-state index contributed by atoms with van der Waals surface area (Å²) in [5.41, 5.74) is -0.0227. The quantitative estimate of drug-likeness (QED) is 0.714. The fraction of sp³-hybridized carbons (Fsp3) is 0.938. The standard InChI is InChI=1S/C16H29NO/c1-14-7-9-16(13-18,10-8-14)12-17-11-5-3-4-6-15(17)2/h13-15H,3-12H2,1-2H3. The van der Waals surface area contributed by atoms with Gasteiger partial charge in [0.05, 0.1) is 0 Å². The maximum Gasteiger partial charge on any atom is 0.127 e. The predicted octanol–water partition coefficient (Wildman–Crippen LogP) is 3.65. The highest BCUT2D eigenvalue weighted by molar-refractivity contribution is 5.60. The van der Waals surface area contributed by atoms with Crippen molar-refractivity contribution in [2.75, 3.05) is 13.1 Å². The van der Waals surface area contributed by atoms with Crippen LogP contribution in [0, 0.1) is 11.3 Å². The topological polar surface area (TPSA) is 20.3 Å². The normalized spacial score (nSPS) is 39.2. The molecule has 2 heteroatoms. The van der Waals surface area contributed by atoms with Crippen molar-refractivity contribution in [3.05, 3.63) is 0 Å². The lowest BCUT2D eigenvalue weighted by molar-refractivity contribution is -0.120. The highest BCUT2D eigenvalue weighted by Crippen LogP contribution is 2.38. The molecule has 2 fully saturated rings. The van der Waals surface area contributed by atoms with Crippen molar-refractivity contribution in [2.24, 2.45) is 11.3 Å². The zero-order valence-corrected chi connectivity index (χ0v) is 12.2. The molecule has 2 aliphatic rings. The molecule has 0 N–H and O–H groups in total. The molecule has 1 unspecified atom stereocenters. The second kappa shape index (κ2) is 6.18. The van der Waals surface area contributed by atoms with Gasteiger partial charge in [0.25, 0.3) is 0 Å². The molecule has 1 aliphatic carbocycles. The maximum absolute atomic E-state index is 11.6. The molecule has 1 saturated carbocycles. The van der Waals surface area contributed by atoms with Gasteiger partial charge in [0.15, 0.2) is 0 Å². The van der Waals surface area contributed by atoms with E-state index in [9.17, 15) is 4.79 Å². The van der Waals surface area contributed by atoms with Crippen molar-refractivity contribution in [3.63, 3.8) is 0 Å². The second-order valence-corrected chi connectivity index (χ2v) is 6.83. The lowest BCUT2D eigenvalue weighted by atomic mass is 9.71. The summed E-state index contributed by atoms with van der Waals surface area (Å²) in [7, 11) is 0. The number of hydrogen-bond acceptors (Lipinski definition) is 2. The van der Waals surface area contributed by atoms with Gasteiger partial charge >= 0.3 is 0 Å². The van der Waals surface area contributed by atoms with Gasteiger partial charge in [-0.1, -0.05) is 19.8 Å². The summed E-state index contributed by atoms with van der Waals surface area (Å²) in [6, 6.07) is 0.670. The van der Waals surface area contributed by atoms with Crippen molar-refractivity contribution in [1.29, 1.82) is 0 Å². The maximum atomic E-state index is 11.6. The first kappa shape index (κ1) is 14.0. The first-order valence-electron chi connectivity index (χ1n) is 7.86. The van der Waals surface area contributed by atoms with E-state index in [4.69, 9.17) is 0 Å². The summed E-state index contributed by atoms with van der Waals surface area (Å²) in [5.74, 6) is 0.819. The zero-order chi connectivity index (χ0) is 13.0. The number of hydrogen-bond donors (Lipinski definition) is 0. The van der Waals surface area contributed by atoms with Crippen LogP contribution in [0.25, 0.3) is 0 Å². The summed E-state index contributed by atoms with van der Waals surface area (Å²) < 4.78 is 0. The van der Waals surface area contributed by atoms with Crippen LogP contribution in [0.2, 0.25) is 0 Å². The Morgan fingerprint density at radius 2 is 1.83 bits per heavy atom. The van der Waals surface area contributed by atoms with Crippen molar-refractivity contribution in [3.8, 4) is 0 Å². The van der Waals surface area contributed by atoms with Gasteiger partial charge in [0.1, 0.15) is 6.29 Å². The molecule has 1 saturated heterocycles. The van der Waals surface area contributed by atoms with Gasteiger partial charge in [0, 0.05) is 18.0 Å². The minimum atomic E-state index is -0.0227. The van der Waals surface area contributed by atoms with Crippen LogP contribution in [0.4, 0.5) is 0 Å². The molecule has 0 aromatic heterocycles. The third-order valence-corrected chi connectivity index (χ3v) is 5.23. The predicted molar refractivity (Wildman–Crippen MR) is 75.6 cm³/mol. The number of likely N-dealkylation sites (tertiary alicyclic amines) is 1. The number of aldehydes is 1. The second-order valence-electron chi connectivity index (χ2n) is 6.83. The SMILES string of the molecule is CC1CCC(C=O)(CN2CCCCCC2C)CC1. The summed E-state index contributed by atoms with van der Waals surface area (Å²) in [6.07, 6.45) is 11.3. The van der Waals surface area contributed by atoms with E-state index in [1.165, 1.54) is 51.4 Å². The van der Waals surface area contributed by atoms with Crippen molar-refractivity contribution in [1.82, 2.24) is 4.90 Å². The van der Waals surface area contributed by atoms with E-state index in [2.05, 4.69) is 18.7 Å². The molecular weight excluding hydrogens is 222 g/mol. The Morgan fingerprint density at radius 3 is 2.50 bits per heavy atom. The van der Waals surface area contributed by atoms with Crippen LogP contribution in [-0.4, -0.2) is 30.3 Å². The van der Waals surface area contributed by atoms with Crippen LogP contribution < -0.4 is 0 Å². The summed E-state index contributed by atoms with van der Waals surface area (Å²) in [6.45, 7) is 6.88.